The van der Waals surface area contributed by atoms with E-state index in [2.05, 4.69) is 22.0 Å². The van der Waals surface area contributed by atoms with Gasteiger partial charge in [0.1, 0.15) is 0 Å². The first-order valence-electron chi connectivity index (χ1n) is 6.57. The molecule has 0 bridgehead atoms. The molecule has 3 rings (SSSR count). The van der Waals surface area contributed by atoms with Crippen molar-refractivity contribution in [2.75, 3.05) is 17.2 Å². The Labute approximate surface area is 112 Å². The molecule has 1 heterocycles. The van der Waals surface area contributed by atoms with Gasteiger partial charge >= 0.3 is 0 Å². The number of hydrogen-bond acceptors (Lipinski definition) is 4. The highest BCUT2D eigenvalue weighted by molar-refractivity contribution is 6.01. The van der Waals surface area contributed by atoms with Gasteiger partial charge in [0.15, 0.2) is 0 Å². The van der Waals surface area contributed by atoms with Crippen LogP contribution >= 0.6 is 0 Å². The average molecular weight is 252 g/mol. The molecular formula is C15H16N4. The Morgan fingerprint density at radius 1 is 1.32 bits per heavy atom. The molecule has 4 nitrogen and oxygen atoms in total. The van der Waals surface area contributed by atoms with Gasteiger partial charge in [-0.2, -0.15) is 5.26 Å². The van der Waals surface area contributed by atoms with Crippen LogP contribution in [0, 0.1) is 11.3 Å². The number of nitriles is 1. The number of rotatable bonds is 4. The molecule has 1 aliphatic rings. The molecule has 1 aliphatic carbocycles. The van der Waals surface area contributed by atoms with E-state index in [0.29, 0.717) is 12.5 Å². The first kappa shape index (κ1) is 11.8. The van der Waals surface area contributed by atoms with Crippen LogP contribution in [-0.2, 0) is 0 Å². The fourth-order valence-electron chi connectivity index (χ4n) is 2.51. The van der Waals surface area contributed by atoms with Crippen molar-refractivity contribution in [3.05, 3.63) is 30.6 Å². The van der Waals surface area contributed by atoms with Crippen molar-refractivity contribution in [1.29, 1.82) is 5.26 Å². The second-order valence-electron chi connectivity index (χ2n) is 4.93. The predicted molar refractivity (Wildman–Crippen MR) is 76.8 cm³/mol. The van der Waals surface area contributed by atoms with E-state index in [1.807, 2.05) is 18.3 Å². The van der Waals surface area contributed by atoms with Gasteiger partial charge in [0.05, 0.1) is 12.5 Å². The first-order valence-corrected chi connectivity index (χ1v) is 6.57. The summed E-state index contributed by atoms with van der Waals surface area (Å²) in [5, 5.41) is 10.9. The van der Waals surface area contributed by atoms with Crippen molar-refractivity contribution in [3.63, 3.8) is 0 Å². The summed E-state index contributed by atoms with van der Waals surface area (Å²) in [6.07, 6.45) is 6.58. The quantitative estimate of drug-likeness (QED) is 0.850. The number of aromatic nitrogens is 1. The maximum atomic E-state index is 8.81. The minimum absolute atomic E-state index is 0.544. The summed E-state index contributed by atoms with van der Waals surface area (Å²) in [6, 6.07) is 8.74. The second-order valence-corrected chi connectivity index (χ2v) is 4.93. The van der Waals surface area contributed by atoms with Crippen LogP contribution in [-0.4, -0.2) is 17.6 Å². The van der Waals surface area contributed by atoms with E-state index in [0.717, 1.165) is 28.7 Å². The summed E-state index contributed by atoms with van der Waals surface area (Å²) in [6.45, 7) is 0.773. The van der Waals surface area contributed by atoms with Crippen molar-refractivity contribution >= 4 is 22.1 Å². The highest BCUT2D eigenvalue weighted by Crippen LogP contribution is 2.37. The summed E-state index contributed by atoms with van der Waals surface area (Å²) < 4.78 is 0. The molecule has 1 aromatic heterocycles. The topological polar surface area (TPSA) is 65.9 Å². The maximum Gasteiger partial charge on any atom is 0.0640 e. The van der Waals surface area contributed by atoms with Gasteiger partial charge in [-0.1, -0.05) is 0 Å². The lowest BCUT2D eigenvalue weighted by Gasteiger charge is -2.25. The predicted octanol–water partition coefficient (Wildman–Crippen LogP) is 2.70. The zero-order chi connectivity index (χ0) is 13.2. The van der Waals surface area contributed by atoms with E-state index in [1.165, 1.54) is 12.8 Å². The standard InChI is InChI=1S/C15H16N4/c16-7-1-9-19(11-2-3-11)15-5-4-14(17)12-6-8-18-10-13(12)15/h4-6,8,10-11H,1-3,9,17H2. The van der Waals surface area contributed by atoms with E-state index >= 15 is 0 Å². The summed E-state index contributed by atoms with van der Waals surface area (Å²) in [5.41, 5.74) is 7.94. The number of nitrogens with two attached hydrogens (primary N) is 1. The van der Waals surface area contributed by atoms with Gasteiger partial charge in [0, 0.05) is 47.1 Å². The van der Waals surface area contributed by atoms with Crippen LogP contribution < -0.4 is 10.6 Å². The Morgan fingerprint density at radius 2 is 2.16 bits per heavy atom. The molecule has 0 spiro atoms. The zero-order valence-electron chi connectivity index (χ0n) is 10.7. The molecular weight excluding hydrogens is 236 g/mol. The fraction of sp³-hybridized carbons (Fsp3) is 0.333. The Hall–Kier alpha value is -2.28. The third-order valence-corrected chi connectivity index (χ3v) is 3.59. The number of pyridine rings is 1. The van der Waals surface area contributed by atoms with Gasteiger partial charge in [-0.3, -0.25) is 4.98 Å². The van der Waals surface area contributed by atoms with Gasteiger partial charge in [0.25, 0.3) is 0 Å². The fourth-order valence-corrected chi connectivity index (χ4v) is 2.51. The molecule has 0 unspecified atom stereocenters. The van der Waals surface area contributed by atoms with Crippen molar-refractivity contribution in [1.82, 2.24) is 4.98 Å². The summed E-state index contributed by atoms with van der Waals surface area (Å²) in [4.78, 5) is 6.54. The number of anilines is 2. The monoisotopic (exact) mass is 252 g/mol. The van der Waals surface area contributed by atoms with Crippen LogP contribution in [0.5, 0.6) is 0 Å². The average Bonchev–Trinajstić information content (AvgIpc) is 3.26. The van der Waals surface area contributed by atoms with Crippen molar-refractivity contribution < 1.29 is 0 Å². The Morgan fingerprint density at radius 3 is 2.89 bits per heavy atom. The number of hydrogen-bond donors (Lipinski definition) is 1. The number of fused-ring (bicyclic) bond motifs is 1. The molecule has 2 aromatic rings. The first-order chi connectivity index (χ1) is 9.31. The van der Waals surface area contributed by atoms with Crippen LogP contribution in [0.15, 0.2) is 30.6 Å². The Balaban J connectivity index is 2.08. The van der Waals surface area contributed by atoms with E-state index < -0.39 is 0 Å². The van der Waals surface area contributed by atoms with E-state index in [1.54, 1.807) is 6.20 Å². The van der Waals surface area contributed by atoms with Gasteiger partial charge in [-0.25, -0.2) is 0 Å². The summed E-state index contributed by atoms with van der Waals surface area (Å²) in [7, 11) is 0. The molecule has 1 aromatic carbocycles. The molecule has 0 aliphatic heterocycles. The molecule has 19 heavy (non-hydrogen) atoms. The second kappa shape index (κ2) is 4.77. The molecule has 1 saturated carbocycles. The third-order valence-electron chi connectivity index (χ3n) is 3.59. The number of nitrogen functional groups attached to an aromatic ring is 1. The van der Waals surface area contributed by atoms with Crippen LogP contribution in [0.25, 0.3) is 10.8 Å². The lowest BCUT2D eigenvalue weighted by Crippen LogP contribution is -2.26. The number of benzene rings is 1. The lowest BCUT2D eigenvalue weighted by atomic mass is 10.1. The minimum atomic E-state index is 0.544. The third kappa shape index (κ3) is 2.19. The Bertz CT molecular complexity index is 640. The lowest BCUT2D eigenvalue weighted by molar-refractivity contribution is 0.796. The number of nitrogens with zero attached hydrogens (tertiary/aromatic N) is 3. The van der Waals surface area contributed by atoms with Gasteiger partial charge in [0.2, 0.25) is 0 Å². The molecule has 0 radical (unpaired) electrons. The van der Waals surface area contributed by atoms with E-state index in [-0.39, 0.29) is 0 Å². The highest BCUT2D eigenvalue weighted by Gasteiger charge is 2.29. The van der Waals surface area contributed by atoms with Gasteiger partial charge in [-0.15, -0.1) is 0 Å². The molecule has 1 fully saturated rings. The molecule has 0 saturated heterocycles. The van der Waals surface area contributed by atoms with Crippen molar-refractivity contribution in [3.8, 4) is 6.07 Å². The molecule has 2 N–H and O–H groups in total. The SMILES string of the molecule is N#CCCN(c1ccc(N)c2ccncc12)C1CC1. The van der Waals surface area contributed by atoms with E-state index in [9.17, 15) is 0 Å². The molecule has 0 amide bonds. The normalized spacial score (nSPS) is 14.3. The van der Waals surface area contributed by atoms with Crippen LogP contribution in [0.2, 0.25) is 0 Å². The van der Waals surface area contributed by atoms with Gasteiger partial charge in [-0.05, 0) is 31.0 Å². The molecule has 0 atom stereocenters. The molecule has 4 heteroatoms. The molecule has 96 valence electrons. The van der Waals surface area contributed by atoms with Crippen LogP contribution in [0.1, 0.15) is 19.3 Å². The van der Waals surface area contributed by atoms with Crippen LogP contribution in [0.4, 0.5) is 11.4 Å². The maximum absolute atomic E-state index is 8.81. The van der Waals surface area contributed by atoms with E-state index in [4.69, 9.17) is 11.0 Å². The highest BCUT2D eigenvalue weighted by atomic mass is 15.2. The largest absolute Gasteiger partial charge is 0.398 e. The van der Waals surface area contributed by atoms with Crippen molar-refractivity contribution in [2.45, 2.75) is 25.3 Å². The summed E-state index contributed by atoms with van der Waals surface area (Å²) in [5.74, 6) is 0. The smallest absolute Gasteiger partial charge is 0.0640 e. The minimum Gasteiger partial charge on any atom is -0.398 e. The summed E-state index contributed by atoms with van der Waals surface area (Å²) >= 11 is 0. The zero-order valence-corrected chi connectivity index (χ0v) is 10.7. The van der Waals surface area contributed by atoms with Gasteiger partial charge < -0.3 is 10.6 Å². The Kier molecular flexibility index (Phi) is 2.96. The van der Waals surface area contributed by atoms with Crippen molar-refractivity contribution in [2.24, 2.45) is 0 Å². The van der Waals surface area contributed by atoms with Crippen LogP contribution in [0.3, 0.4) is 0 Å².